The van der Waals surface area contributed by atoms with Gasteiger partial charge in [-0.3, -0.25) is 9.80 Å². The average molecular weight is 451 g/mol. The van der Waals surface area contributed by atoms with Gasteiger partial charge in [-0.25, -0.2) is 0 Å². The van der Waals surface area contributed by atoms with Crippen molar-refractivity contribution in [3.05, 3.63) is 69.3 Å². The Balaban J connectivity index is 0.000000186. The number of ether oxygens (including phenoxy) is 1. The summed E-state index contributed by atoms with van der Waals surface area (Å²) in [4.78, 5) is 5.07. The summed E-state index contributed by atoms with van der Waals surface area (Å²) in [5.41, 5.74) is 10.7. The predicted octanol–water partition coefficient (Wildman–Crippen LogP) is 6.14. The van der Waals surface area contributed by atoms with Crippen molar-refractivity contribution in [1.82, 2.24) is 9.80 Å². The molecule has 0 saturated carbocycles. The van der Waals surface area contributed by atoms with Crippen LogP contribution in [0.4, 0.5) is 0 Å². The molecule has 0 radical (unpaired) electrons. The summed E-state index contributed by atoms with van der Waals surface area (Å²) in [6, 6.07) is 11.8. The van der Waals surface area contributed by atoms with Crippen LogP contribution in [0.1, 0.15) is 79.0 Å². The van der Waals surface area contributed by atoms with Crippen molar-refractivity contribution in [1.29, 1.82) is 0 Å². The fourth-order valence-corrected chi connectivity index (χ4v) is 5.21. The second-order valence-electron chi connectivity index (χ2n) is 10.1. The lowest BCUT2D eigenvalue weighted by Gasteiger charge is -2.29. The molecular formula is C30H46N2O. The van der Waals surface area contributed by atoms with Gasteiger partial charge in [0.05, 0.1) is 0 Å². The highest BCUT2D eigenvalue weighted by Crippen LogP contribution is 2.27. The molecule has 33 heavy (non-hydrogen) atoms. The van der Waals surface area contributed by atoms with Gasteiger partial charge in [0.1, 0.15) is 0 Å². The van der Waals surface area contributed by atoms with Crippen LogP contribution in [0.3, 0.4) is 0 Å². The number of hydrogen-bond acceptors (Lipinski definition) is 3. The predicted molar refractivity (Wildman–Crippen MR) is 141 cm³/mol. The zero-order chi connectivity index (χ0) is 23.8. The molecule has 0 unspecified atom stereocenters. The maximum absolute atomic E-state index is 5.11. The molecule has 0 N–H and O–H groups in total. The third-order valence-electron chi connectivity index (χ3n) is 7.34. The van der Waals surface area contributed by atoms with E-state index >= 15 is 0 Å². The lowest BCUT2D eigenvalue weighted by molar-refractivity contribution is 0.167. The minimum absolute atomic E-state index is 0.641. The molecule has 0 bridgehead atoms. The van der Waals surface area contributed by atoms with Gasteiger partial charge in [-0.2, -0.15) is 0 Å². The molecule has 0 amide bonds. The normalized spacial score (nSPS) is 16.2. The van der Waals surface area contributed by atoms with Crippen LogP contribution in [0, 0.1) is 6.92 Å². The highest BCUT2D eigenvalue weighted by Gasteiger charge is 2.17. The zero-order valence-electron chi connectivity index (χ0n) is 22.0. The summed E-state index contributed by atoms with van der Waals surface area (Å²) in [6.07, 6.45) is 4.70. The molecule has 0 spiro atoms. The van der Waals surface area contributed by atoms with Crippen LogP contribution >= 0.6 is 0 Å². The third kappa shape index (κ3) is 7.15. The van der Waals surface area contributed by atoms with Crippen molar-refractivity contribution >= 4 is 0 Å². The Bertz CT molecular complexity index is 889. The van der Waals surface area contributed by atoms with Crippen molar-refractivity contribution in [2.24, 2.45) is 0 Å². The Morgan fingerprint density at radius 1 is 0.879 bits per heavy atom. The van der Waals surface area contributed by atoms with Gasteiger partial charge in [-0.15, -0.1) is 0 Å². The topological polar surface area (TPSA) is 15.7 Å². The number of likely N-dealkylation sites (N-methyl/N-ethyl adjacent to an activating group) is 1. The van der Waals surface area contributed by atoms with Crippen LogP contribution in [-0.4, -0.2) is 49.7 Å². The van der Waals surface area contributed by atoms with Crippen molar-refractivity contribution < 1.29 is 4.74 Å². The molecule has 0 fully saturated rings. The summed E-state index contributed by atoms with van der Waals surface area (Å²) in [5, 5.41) is 0. The Morgan fingerprint density at radius 2 is 1.58 bits per heavy atom. The van der Waals surface area contributed by atoms with Gasteiger partial charge in [-0.05, 0) is 84.0 Å². The van der Waals surface area contributed by atoms with Gasteiger partial charge in [0, 0.05) is 46.4 Å². The van der Waals surface area contributed by atoms with Crippen molar-refractivity contribution in [3.63, 3.8) is 0 Å². The molecule has 182 valence electrons. The largest absolute Gasteiger partial charge is 0.385 e. The van der Waals surface area contributed by atoms with E-state index in [0.717, 1.165) is 39.1 Å². The number of nitrogens with zero attached hydrogens (tertiary/aromatic N) is 2. The molecule has 2 aromatic rings. The van der Waals surface area contributed by atoms with Gasteiger partial charge >= 0.3 is 0 Å². The number of fused-ring (bicyclic) bond motifs is 2. The zero-order valence-corrected chi connectivity index (χ0v) is 22.0. The fourth-order valence-electron chi connectivity index (χ4n) is 5.21. The Hall–Kier alpha value is -1.68. The maximum atomic E-state index is 5.11. The van der Waals surface area contributed by atoms with Crippen molar-refractivity contribution in [3.8, 4) is 0 Å². The smallest absolute Gasteiger partial charge is 0.0474 e. The SMILES string of the molecule is CCN1CCc2cc(C)c(C(C)C)cc2C1.CCc1ccc2c(c1)CN(CCCOC)CC2. The molecule has 3 nitrogen and oxygen atoms in total. The molecule has 0 saturated heterocycles. The first-order chi connectivity index (χ1) is 15.9. The van der Waals surface area contributed by atoms with E-state index in [2.05, 4.69) is 74.8 Å². The van der Waals surface area contributed by atoms with Crippen molar-refractivity contribution in [2.75, 3.05) is 39.9 Å². The third-order valence-corrected chi connectivity index (χ3v) is 7.34. The molecule has 3 heteroatoms. The molecule has 2 aliphatic heterocycles. The summed E-state index contributed by atoms with van der Waals surface area (Å²) in [7, 11) is 1.78. The van der Waals surface area contributed by atoms with Crippen LogP contribution in [0.15, 0.2) is 30.3 Å². The van der Waals surface area contributed by atoms with Gasteiger partial charge in [-0.1, -0.05) is 58.0 Å². The van der Waals surface area contributed by atoms with E-state index in [1.165, 1.54) is 54.7 Å². The second kappa shape index (κ2) is 12.7. The molecule has 0 aromatic heterocycles. The first-order valence-electron chi connectivity index (χ1n) is 13.1. The monoisotopic (exact) mass is 450 g/mol. The van der Waals surface area contributed by atoms with Crippen LogP contribution in [-0.2, 0) is 37.1 Å². The van der Waals surface area contributed by atoms with E-state index in [0.29, 0.717) is 5.92 Å². The highest BCUT2D eigenvalue weighted by atomic mass is 16.5. The molecular weight excluding hydrogens is 404 g/mol. The molecule has 0 atom stereocenters. The number of rotatable bonds is 7. The summed E-state index contributed by atoms with van der Waals surface area (Å²) in [6.45, 7) is 19.2. The van der Waals surface area contributed by atoms with Gasteiger partial charge < -0.3 is 4.74 Å². The molecule has 2 heterocycles. The summed E-state index contributed by atoms with van der Waals surface area (Å²) < 4.78 is 5.11. The van der Waals surface area contributed by atoms with E-state index in [1.807, 2.05) is 0 Å². The average Bonchev–Trinajstić information content (AvgIpc) is 2.83. The first kappa shape index (κ1) is 25.9. The molecule has 2 aromatic carbocycles. The van der Waals surface area contributed by atoms with Crippen LogP contribution in [0.2, 0.25) is 0 Å². The van der Waals surface area contributed by atoms with E-state index in [-0.39, 0.29) is 0 Å². The lowest BCUT2D eigenvalue weighted by atomic mass is 9.90. The maximum Gasteiger partial charge on any atom is 0.0474 e. The van der Waals surface area contributed by atoms with E-state index in [1.54, 1.807) is 23.8 Å². The fraction of sp³-hybridized carbons (Fsp3) is 0.600. The van der Waals surface area contributed by atoms with Gasteiger partial charge in [0.15, 0.2) is 0 Å². The van der Waals surface area contributed by atoms with Crippen LogP contribution < -0.4 is 0 Å². The van der Waals surface area contributed by atoms with E-state index in [4.69, 9.17) is 4.74 Å². The highest BCUT2D eigenvalue weighted by molar-refractivity contribution is 5.40. The number of methoxy groups -OCH3 is 1. The quantitative estimate of drug-likeness (QED) is 0.471. The van der Waals surface area contributed by atoms with Crippen LogP contribution in [0.25, 0.3) is 0 Å². The minimum atomic E-state index is 0.641. The number of benzene rings is 2. The summed E-state index contributed by atoms with van der Waals surface area (Å²) >= 11 is 0. The van der Waals surface area contributed by atoms with Crippen LogP contribution in [0.5, 0.6) is 0 Å². The van der Waals surface area contributed by atoms with E-state index in [9.17, 15) is 0 Å². The number of aryl methyl sites for hydroxylation is 2. The summed E-state index contributed by atoms with van der Waals surface area (Å²) in [5.74, 6) is 0.641. The second-order valence-corrected chi connectivity index (χ2v) is 10.1. The van der Waals surface area contributed by atoms with Gasteiger partial charge in [0.25, 0.3) is 0 Å². The Labute approximate surface area is 203 Å². The van der Waals surface area contributed by atoms with E-state index < -0.39 is 0 Å². The Morgan fingerprint density at radius 3 is 2.27 bits per heavy atom. The Kier molecular flexibility index (Phi) is 9.97. The molecule has 4 rings (SSSR count). The van der Waals surface area contributed by atoms with Crippen molar-refractivity contribution in [2.45, 2.75) is 79.3 Å². The standard InChI is InChI=1S/C15H23NO.C15H23N/c1-3-13-5-6-14-7-9-16(8-4-10-17-2)12-15(14)11-13;1-5-16-7-6-13-8-12(4)15(11(2)3)9-14(13)10-16/h5-6,11H,3-4,7-10,12H2,1-2H3;8-9,11H,5-7,10H2,1-4H3. The molecule has 0 aliphatic carbocycles. The van der Waals surface area contributed by atoms with Gasteiger partial charge in [0.2, 0.25) is 0 Å². The minimum Gasteiger partial charge on any atom is -0.385 e. The lowest BCUT2D eigenvalue weighted by Crippen LogP contribution is -2.31. The number of hydrogen-bond donors (Lipinski definition) is 0. The first-order valence-corrected chi connectivity index (χ1v) is 13.1. The molecule has 2 aliphatic rings.